The molecule has 2 heterocycles. The van der Waals surface area contributed by atoms with E-state index >= 15 is 0 Å². The Morgan fingerprint density at radius 3 is 1.42 bits per heavy atom. The van der Waals surface area contributed by atoms with Crippen LogP contribution in [0, 0.1) is 22.7 Å². The molecule has 0 atom stereocenters. The minimum Gasteiger partial charge on any atom is -0.454 e. The fourth-order valence-corrected chi connectivity index (χ4v) is 3.67. The van der Waals surface area contributed by atoms with E-state index in [1.807, 2.05) is 12.1 Å². The van der Waals surface area contributed by atoms with Gasteiger partial charge < -0.3 is 29.6 Å². The Kier molecular flexibility index (Phi) is 6.61. The Bertz CT molecular complexity index is 1460. The standard InChI is InChI=1S/C28H18N4O6/c29-13-19(9-17-1-7-23-25(11-17)37-15-35-23)27(33)31-21-3-5-22(6-4-21)32-28(34)20(14-30)10-18-2-8-24-26(12-18)38-16-36-24/h1-12H,15-16H2,(H,31,33)(H,32,34)/b19-9+,20-10+. The molecule has 0 unspecified atom stereocenters. The van der Waals surface area contributed by atoms with Gasteiger partial charge in [0.15, 0.2) is 23.0 Å². The molecule has 186 valence electrons. The lowest BCUT2D eigenvalue weighted by Crippen LogP contribution is -2.15. The summed E-state index contributed by atoms with van der Waals surface area (Å²) in [5.41, 5.74) is 1.84. The summed E-state index contributed by atoms with van der Waals surface area (Å²) in [7, 11) is 0. The molecule has 10 heteroatoms. The lowest BCUT2D eigenvalue weighted by atomic mass is 10.1. The van der Waals surface area contributed by atoms with Gasteiger partial charge in [0.1, 0.15) is 23.3 Å². The molecule has 0 saturated heterocycles. The number of anilines is 2. The molecule has 2 amide bonds. The monoisotopic (exact) mass is 506 g/mol. The zero-order valence-electron chi connectivity index (χ0n) is 19.7. The highest BCUT2D eigenvalue weighted by Crippen LogP contribution is 2.34. The van der Waals surface area contributed by atoms with Crippen molar-refractivity contribution in [2.24, 2.45) is 0 Å². The minimum absolute atomic E-state index is 0.103. The molecule has 10 nitrogen and oxygen atoms in total. The Labute approximate surface area is 216 Å². The van der Waals surface area contributed by atoms with Crippen LogP contribution in [0.1, 0.15) is 11.1 Å². The molecule has 2 N–H and O–H groups in total. The van der Waals surface area contributed by atoms with Crippen molar-refractivity contribution >= 4 is 35.3 Å². The van der Waals surface area contributed by atoms with Gasteiger partial charge in [-0.2, -0.15) is 10.5 Å². The number of carbonyl (C=O) groups excluding carboxylic acids is 2. The number of nitriles is 2. The first-order chi connectivity index (χ1) is 18.5. The van der Waals surface area contributed by atoms with Crippen molar-refractivity contribution in [1.82, 2.24) is 0 Å². The number of ether oxygens (including phenoxy) is 4. The highest BCUT2D eigenvalue weighted by molar-refractivity contribution is 6.11. The molecule has 0 saturated carbocycles. The maximum Gasteiger partial charge on any atom is 0.266 e. The van der Waals surface area contributed by atoms with E-state index in [0.717, 1.165) is 0 Å². The molecule has 0 bridgehead atoms. The minimum atomic E-state index is -0.597. The summed E-state index contributed by atoms with van der Waals surface area (Å²) in [6.07, 6.45) is 2.89. The van der Waals surface area contributed by atoms with Gasteiger partial charge in [0, 0.05) is 11.4 Å². The molecule has 38 heavy (non-hydrogen) atoms. The van der Waals surface area contributed by atoms with Crippen molar-refractivity contribution < 1.29 is 28.5 Å². The SMILES string of the molecule is N#C/C(=C\c1ccc2c(c1)OCO2)C(=O)Nc1ccc(NC(=O)/C(C#N)=C/c2ccc3c(c2)OCO3)cc1. The first-order valence-corrected chi connectivity index (χ1v) is 11.3. The number of hydrogen-bond acceptors (Lipinski definition) is 8. The second kappa shape index (κ2) is 10.5. The summed E-state index contributed by atoms with van der Waals surface area (Å²) < 4.78 is 21.2. The summed E-state index contributed by atoms with van der Waals surface area (Å²) in [6.45, 7) is 0.247. The summed E-state index contributed by atoms with van der Waals surface area (Å²) in [5.74, 6) is 1.09. The van der Waals surface area contributed by atoms with Gasteiger partial charge in [-0.25, -0.2) is 0 Å². The molecule has 2 aliphatic rings. The van der Waals surface area contributed by atoms with Gasteiger partial charge in [-0.05, 0) is 71.8 Å². The number of nitrogens with zero attached hydrogens (tertiary/aromatic N) is 2. The molecule has 5 rings (SSSR count). The third kappa shape index (κ3) is 5.25. The van der Waals surface area contributed by atoms with Gasteiger partial charge in [-0.1, -0.05) is 12.1 Å². The smallest absolute Gasteiger partial charge is 0.266 e. The average molecular weight is 506 g/mol. The topological polar surface area (TPSA) is 143 Å². The quantitative estimate of drug-likeness (QED) is 0.373. The van der Waals surface area contributed by atoms with Crippen molar-refractivity contribution in [2.45, 2.75) is 0 Å². The second-order valence-electron chi connectivity index (χ2n) is 8.05. The van der Waals surface area contributed by atoms with Crippen LogP contribution in [0.5, 0.6) is 23.0 Å². The summed E-state index contributed by atoms with van der Waals surface area (Å²) >= 11 is 0. The molecule has 0 aliphatic carbocycles. The molecule has 0 spiro atoms. The van der Waals surface area contributed by atoms with Crippen molar-refractivity contribution in [1.29, 1.82) is 10.5 Å². The first kappa shape index (κ1) is 24.0. The number of amides is 2. The van der Waals surface area contributed by atoms with Crippen LogP contribution in [0.15, 0.2) is 71.8 Å². The highest BCUT2D eigenvalue weighted by atomic mass is 16.7. The lowest BCUT2D eigenvalue weighted by molar-refractivity contribution is -0.113. The molecule has 2 aliphatic heterocycles. The third-order valence-electron chi connectivity index (χ3n) is 5.55. The summed E-state index contributed by atoms with van der Waals surface area (Å²) in [4.78, 5) is 25.3. The lowest BCUT2D eigenvalue weighted by Gasteiger charge is -2.08. The van der Waals surface area contributed by atoms with Crippen molar-refractivity contribution in [3.63, 3.8) is 0 Å². The molecule has 0 fully saturated rings. The van der Waals surface area contributed by atoms with Crippen molar-refractivity contribution in [2.75, 3.05) is 24.2 Å². The van der Waals surface area contributed by atoms with Crippen LogP contribution in [-0.2, 0) is 9.59 Å². The number of rotatable bonds is 6. The zero-order chi connectivity index (χ0) is 26.5. The predicted molar refractivity (Wildman–Crippen MR) is 136 cm³/mol. The number of nitrogens with one attached hydrogen (secondary N) is 2. The van der Waals surface area contributed by atoms with E-state index in [9.17, 15) is 20.1 Å². The highest BCUT2D eigenvalue weighted by Gasteiger charge is 2.16. The Morgan fingerprint density at radius 1 is 0.632 bits per heavy atom. The number of carbonyl (C=O) groups is 2. The number of hydrogen-bond donors (Lipinski definition) is 2. The maximum atomic E-state index is 12.6. The molecule has 3 aromatic carbocycles. The van der Waals surface area contributed by atoms with Crippen LogP contribution in [0.2, 0.25) is 0 Å². The Hall–Kier alpha value is -5.74. The van der Waals surface area contributed by atoms with Gasteiger partial charge >= 0.3 is 0 Å². The third-order valence-corrected chi connectivity index (χ3v) is 5.55. The van der Waals surface area contributed by atoms with Gasteiger partial charge in [0.25, 0.3) is 11.8 Å². The van der Waals surface area contributed by atoms with Crippen LogP contribution in [0.3, 0.4) is 0 Å². The van der Waals surface area contributed by atoms with Crippen LogP contribution in [-0.4, -0.2) is 25.4 Å². The normalized spacial score (nSPS) is 13.3. The summed E-state index contributed by atoms with van der Waals surface area (Å²) in [5, 5.41) is 24.2. The zero-order valence-corrected chi connectivity index (χ0v) is 19.7. The van der Waals surface area contributed by atoms with Crippen LogP contribution in [0.25, 0.3) is 12.2 Å². The first-order valence-electron chi connectivity index (χ1n) is 11.3. The maximum absolute atomic E-state index is 12.6. The van der Waals surface area contributed by atoms with E-state index < -0.39 is 11.8 Å². The van der Waals surface area contributed by atoms with Gasteiger partial charge in [0.05, 0.1) is 0 Å². The fraction of sp³-hybridized carbons (Fsp3) is 0.0714. The van der Waals surface area contributed by atoms with Gasteiger partial charge in [-0.3, -0.25) is 9.59 Å². The van der Waals surface area contributed by atoms with Crippen LogP contribution >= 0.6 is 0 Å². The second-order valence-corrected chi connectivity index (χ2v) is 8.05. The van der Waals surface area contributed by atoms with Crippen molar-refractivity contribution in [3.05, 3.63) is 82.9 Å². The summed E-state index contributed by atoms with van der Waals surface area (Å²) in [6, 6.07) is 20.3. The van der Waals surface area contributed by atoms with Crippen LogP contribution in [0.4, 0.5) is 11.4 Å². The van der Waals surface area contributed by atoms with E-state index in [4.69, 9.17) is 18.9 Å². The largest absolute Gasteiger partial charge is 0.454 e. The van der Waals surface area contributed by atoms with E-state index in [2.05, 4.69) is 10.6 Å². The number of fused-ring (bicyclic) bond motifs is 2. The molecule has 0 radical (unpaired) electrons. The fourth-order valence-electron chi connectivity index (χ4n) is 3.67. The number of benzene rings is 3. The Balaban J connectivity index is 1.23. The van der Waals surface area contributed by atoms with Gasteiger partial charge in [0.2, 0.25) is 13.6 Å². The van der Waals surface area contributed by atoms with Gasteiger partial charge in [-0.15, -0.1) is 0 Å². The molecule has 3 aromatic rings. The van der Waals surface area contributed by atoms with Crippen molar-refractivity contribution in [3.8, 4) is 35.1 Å². The van der Waals surface area contributed by atoms with E-state index in [1.54, 1.807) is 60.7 Å². The molecule has 0 aromatic heterocycles. The Morgan fingerprint density at radius 2 is 1.03 bits per heavy atom. The molecular weight excluding hydrogens is 488 g/mol. The van der Waals surface area contributed by atoms with E-state index in [0.29, 0.717) is 45.5 Å². The van der Waals surface area contributed by atoms with E-state index in [-0.39, 0.29) is 24.7 Å². The van der Waals surface area contributed by atoms with E-state index in [1.165, 1.54) is 12.2 Å². The predicted octanol–water partition coefficient (Wildman–Crippen LogP) is 4.24. The average Bonchev–Trinajstić information content (AvgIpc) is 3.60. The molecular formula is C28H18N4O6. The van der Waals surface area contributed by atoms with Crippen LogP contribution < -0.4 is 29.6 Å².